The van der Waals surface area contributed by atoms with Crippen molar-refractivity contribution in [1.29, 1.82) is 0 Å². The van der Waals surface area contributed by atoms with Crippen LogP contribution in [-0.2, 0) is 9.84 Å². The van der Waals surface area contributed by atoms with E-state index in [0.717, 1.165) is 0 Å². The van der Waals surface area contributed by atoms with Crippen LogP contribution in [0, 0.1) is 5.82 Å². The predicted octanol–water partition coefficient (Wildman–Crippen LogP) is 0.811. The molecule has 1 aromatic carbocycles. The SMILES string of the molecule is Nc1cc(F)ccc1-c1nnnn1C1CCS(=O)(=O)CC1. The number of halogens is 1. The van der Waals surface area contributed by atoms with Crippen LogP contribution in [0.5, 0.6) is 0 Å². The van der Waals surface area contributed by atoms with Crippen molar-refractivity contribution in [3.63, 3.8) is 0 Å². The van der Waals surface area contributed by atoms with Crippen LogP contribution in [0.1, 0.15) is 18.9 Å². The molecule has 1 saturated heterocycles. The molecule has 21 heavy (non-hydrogen) atoms. The minimum absolute atomic E-state index is 0.0945. The van der Waals surface area contributed by atoms with Gasteiger partial charge in [0.2, 0.25) is 0 Å². The summed E-state index contributed by atoms with van der Waals surface area (Å²) >= 11 is 0. The average Bonchev–Trinajstić information content (AvgIpc) is 2.88. The molecular weight excluding hydrogens is 297 g/mol. The summed E-state index contributed by atoms with van der Waals surface area (Å²) < 4.78 is 37.7. The van der Waals surface area contributed by atoms with Gasteiger partial charge in [-0.2, -0.15) is 0 Å². The summed E-state index contributed by atoms with van der Waals surface area (Å²) in [6, 6.07) is 3.92. The molecule has 0 aliphatic carbocycles. The summed E-state index contributed by atoms with van der Waals surface area (Å²) in [6.07, 6.45) is 0.920. The second kappa shape index (κ2) is 5.06. The largest absolute Gasteiger partial charge is 0.398 e. The van der Waals surface area contributed by atoms with E-state index in [0.29, 0.717) is 24.2 Å². The van der Waals surface area contributed by atoms with E-state index in [1.54, 1.807) is 4.68 Å². The average molecular weight is 311 g/mol. The number of rotatable bonds is 2. The molecule has 3 rings (SSSR count). The van der Waals surface area contributed by atoms with Crippen molar-refractivity contribution in [3.05, 3.63) is 24.0 Å². The normalized spacial score (nSPS) is 18.7. The predicted molar refractivity (Wildman–Crippen MR) is 74.5 cm³/mol. The second-order valence-electron chi connectivity index (χ2n) is 5.06. The number of nitrogens with two attached hydrogens (primary N) is 1. The van der Waals surface area contributed by atoms with Crippen LogP contribution in [0.2, 0.25) is 0 Å². The number of hydrogen-bond acceptors (Lipinski definition) is 6. The van der Waals surface area contributed by atoms with Gasteiger partial charge in [0, 0.05) is 11.3 Å². The smallest absolute Gasteiger partial charge is 0.184 e. The van der Waals surface area contributed by atoms with E-state index in [4.69, 9.17) is 5.73 Å². The highest BCUT2D eigenvalue weighted by Gasteiger charge is 2.28. The van der Waals surface area contributed by atoms with Gasteiger partial charge in [-0.05, 0) is 41.5 Å². The first kappa shape index (κ1) is 13.9. The van der Waals surface area contributed by atoms with E-state index < -0.39 is 15.7 Å². The molecule has 0 amide bonds. The molecule has 1 fully saturated rings. The molecule has 1 aliphatic rings. The molecule has 0 unspecified atom stereocenters. The summed E-state index contributed by atoms with van der Waals surface area (Å²) in [5, 5.41) is 11.5. The van der Waals surface area contributed by atoms with Gasteiger partial charge in [-0.25, -0.2) is 17.5 Å². The molecule has 7 nitrogen and oxygen atoms in total. The van der Waals surface area contributed by atoms with E-state index in [1.807, 2.05) is 0 Å². The highest BCUT2D eigenvalue weighted by atomic mass is 32.2. The van der Waals surface area contributed by atoms with Gasteiger partial charge >= 0.3 is 0 Å². The maximum Gasteiger partial charge on any atom is 0.184 e. The Morgan fingerprint density at radius 1 is 1.29 bits per heavy atom. The van der Waals surface area contributed by atoms with Crippen molar-refractivity contribution in [1.82, 2.24) is 20.2 Å². The zero-order valence-electron chi connectivity index (χ0n) is 11.1. The van der Waals surface area contributed by atoms with Crippen molar-refractivity contribution in [2.45, 2.75) is 18.9 Å². The standard InChI is InChI=1S/C12H14FN5O2S/c13-8-1-2-10(11(14)7-8)12-15-16-17-18(12)9-3-5-21(19,20)6-4-9/h1-2,7,9H,3-6,14H2. The quantitative estimate of drug-likeness (QED) is 0.823. The summed E-state index contributed by atoms with van der Waals surface area (Å²) in [5.74, 6) is 0.238. The zero-order chi connectivity index (χ0) is 15.0. The molecule has 2 N–H and O–H groups in total. The summed E-state index contributed by atoms with van der Waals surface area (Å²) in [7, 11) is -2.95. The van der Waals surface area contributed by atoms with E-state index in [2.05, 4.69) is 15.5 Å². The first-order valence-corrected chi connectivity index (χ1v) is 8.32. The fraction of sp³-hybridized carbons (Fsp3) is 0.417. The number of nitrogens with zero attached hydrogens (tertiary/aromatic N) is 4. The van der Waals surface area contributed by atoms with Crippen LogP contribution in [0.25, 0.3) is 11.4 Å². The van der Waals surface area contributed by atoms with Gasteiger partial charge < -0.3 is 5.73 Å². The Labute approximate surface area is 120 Å². The molecule has 9 heteroatoms. The third-order valence-electron chi connectivity index (χ3n) is 3.62. The molecule has 0 spiro atoms. The van der Waals surface area contributed by atoms with E-state index in [1.165, 1.54) is 18.2 Å². The van der Waals surface area contributed by atoms with Crippen molar-refractivity contribution in [3.8, 4) is 11.4 Å². The van der Waals surface area contributed by atoms with Crippen molar-refractivity contribution < 1.29 is 12.8 Å². The number of benzene rings is 1. The number of anilines is 1. The number of nitrogen functional groups attached to an aromatic ring is 1. The number of aromatic nitrogens is 4. The van der Waals surface area contributed by atoms with E-state index in [9.17, 15) is 12.8 Å². The highest BCUT2D eigenvalue weighted by Crippen LogP contribution is 2.30. The fourth-order valence-electron chi connectivity index (χ4n) is 2.48. The summed E-state index contributed by atoms with van der Waals surface area (Å²) in [6.45, 7) is 0. The van der Waals surface area contributed by atoms with Gasteiger partial charge in [0.25, 0.3) is 0 Å². The summed E-state index contributed by atoms with van der Waals surface area (Å²) in [5.41, 5.74) is 6.59. The highest BCUT2D eigenvalue weighted by molar-refractivity contribution is 7.91. The van der Waals surface area contributed by atoms with Crippen molar-refractivity contribution in [2.75, 3.05) is 17.2 Å². The maximum absolute atomic E-state index is 13.1. The minimum Gasteiger partial charge on any atom is -0.398 e. The molecular formula is C12H14FN5O2S. The molecule has 1 aliphatic heterocycles. The van der Waals surface area contributed by atoms with Crippen molar-refractivity contribution >= 4 is 15.5 Å². The van der Waals surface area contributed by atoms with Gasteiger partial charge in [-0.3, -0.25) is 0 Å². The first-order valence-electron chi connectivity index (χ1n) is 6.50. The molecule has 112 valence electrons. The number of hydrogen-bond donors (Lipinski definition) is 1. The monoisotopic (exact) mass is 311 g/mol. The lowest BCUT2D eigenvalue weighted by atomic mass is 10.1. The van der Waals surface area contributed by atoms with Gasteiger partial charge in [0.15, 0.2) is 5.82 Å². The Kier molecular flexibility index (Phi) is 3.36. The molecule has 2 heterocycles. The van der Waals surface area contributed by atoms with Gasteiger partial charge in [-0.1, -0.05) is 0 Å². The maximum atomic E-state index is 13.1. The number of sulfone groups is 1. The summed E-state index contributed by atoms with van der Waals surface area (Å²) in [4.78, 5) is 0. The van der Waals surface area contributed by atoms with Crippen LogP contribution < -0.4 is 5.73 Å². The van der Waals surface area contributed by atoms with E-state index >= 15 is 0 Å². The van der Waals surface area contributed by atoms with Crippen LogP contribution in [0.15, 0.2) is 18.2 Å². The van der Waals surface area contributed by atoms with Gasteiger partial charge in [0.05, 0.1) is 17.5 Å². The Hall–Kier alpha value is -2.03. The third-order valence-corrected chi connectivity index (χ3v) is 5.33. The Bertz CT molecular complexity index is 760. The molecule has 0 radical (unpaired) electrons. The third kappa shape index (κ3) is 2.73. The van der Waals surface area contributed by atoms with Gasteiger partial charge in [-0.15, -0.1) is 5.10 Å². The van der Waals surface area contributed by atoms with Crippen molar-refractivity contribution in [2.24, 2.45) is 0 Å². The van der Waals surface area contributed by atoms with Gasteiger partial charge in [0.1, 0.15) is 15.7 Å². The first-order chi connectivity index (χ1) is 9.96. The minimum atomic E-state index is -2.95. The van der Waals surface area contributed by atoms with E-state index in [-0.39, 0.29) is 23.2 Å². The molecule has 0 saturated carbocycles. The lowest BCUT2D eigenvalue weighted by molar-refractivity contribution is 0.408. The Morgan fingerprint density at radius 3 is 2.67 bits per heavy atom. The van der Waals surface area contributed by atoms with Crippen LogP contribution in [-0.4, -0.2) is 40.1 Å². The Balaban J connectivity index is 1.94. The van der Waals surface area contributed by atoms with Crippen LogP contribution >= 0.6 is 0 Å². The zero-order valence-corrected chi connectivity index (χ0v) is 11.9. The Morgan fingerprint density at radius 2 is 2.00 bits per heavy atom. The molecule has 1 aromatic heterocycles. The number of tetrazole rings is 1. The molecule has 2 aromatic rings. The molecule has 0 atom stereocenters. The lowest BCUT2D eigenvalue weighted by Crippen LogP contribution is -2.26. The fourth-order valence-corrected chi connectivity index (χ4v) is 3.94. The lowest BCUT2D eigenvalue weighted by Gasteiger charge is -2.22. The van der Waals surface area contributed by atoms with Crippen LogP contribution in [0.3, 0.4) is 0 Å². The van der Waals surface area contributed by atoms with Crippen LogP contribution in [0.4, 0.5) is 10.1 Å². The molecule has 0 bridgehead atoms. The topological polar surface area (TPSA) is 104 Å². The second-order valence-corrected chi connectivity index (χ2v) is 7.37.